The summed E-state index contributed by atoms with van der Waals surface area (Å²) in [6.45, 7) is 5.55. The summed E-state index contributed by atoms with van der Waals surface area (Å²) in [5.74, 6) is 1.29. The quantitative estimate of drug-likeness (QED) is 0.648. The fourth-order valence-electron chi connectivity index (χ4n) is 2.68. The Labute approximate surface area is 97.0 Å². The van der Waals surface area contributed by atoms with Crippen molar-refractivity contribution in [2.75, 3.05) is 11.4 Å². The first-order chi connectivity index (χ1) is 7.66. The van der Waals surface area contributed by atoms with Gasteiger partial charge in [-0.3, -0.25) is 4.99 Å². The van der Waals surface area contributed by atoms with Crippen molar-refractivity contribution in [1.82, 2.24) is 0 Å². The van der Waals surface area contributed by atoms with E-state index in [1.54, 1.807) is 0 Å². The second-order valence-electron chi connectivity index (χ2n) is 5.37. The minimum absolute atomic E-state index is 0.146. The van der Waals surface area contributed by atoms with Crippen LogP contribution in [0.15, 0.2) is 29.3 Å². The summed E-state index contributed by atoms with van der Waals surface area (Å²) in [5.41, 5.74) is 2.99. The van der Waals surface area contributed by atoms with Gasteiger partial charge in [-0.05, 0) is 38.3 Å². The molecule has 0 bridgehead atoms. The number of amidine groups is 1. The third-order valence-electron chi connectivity index (χ3n) is 3.59. The van der Waals surface area contributed by atoms with Crippen LogP contribution in [0.5, 0.6) is 0 Å². The minimum atomic E-state index is 0.146. The fourth-order valence-corrected chi connectivity index (χ4v) is 2.68. The first-order valence-electron chi connectivity index (χ1n) is 6.10. The Morgan fingerprint density at radius 3 is 2.75 bits per heavy atom. The summed E-state index contributed by atoms with van der Waals surface area (Å²) in [7, 11) is 0. The van der Waals surface area contributed by atoms with Crippen LogP contribution in [-0.2, 0) is 6.42 Å². The van der Waals surface area contributed by atoms with Crippen molar-refractivity contribution in [2.24, 2.45) is 4.99 Å². The average Bonchev–Trinajstić information content (AvgIpc) is 2.81. The number of nitrogens with zero attached hydrogens (tertiary/aromatic N) is 2. The molecule has 2 nitrogen and oxygen atoms in total. The Balaban J connectivity index is 1.94. The number of fused-ring (bicyclic) bond motifs is 1. The lowest BCUT2D eigenvalue weighted by Gasteiger charge is -2.19. The molecule has 2 heterocycles. The minimum Gasteiger partial charge on any atom is -0.330 e. The molecule has 0 atom stereocenters. The van der Waals surface area contributed by atoms with E-state index in [9.17, 15) is 0 Å². The van der Waals surface area contributed by atoms with Gasteiger partial charge in [-0.1, -0.05) is 18.2 Å². The Hall–Kier alpha value is -1.31. The predicted molar refractivity (Wildman–Crippen MR) is 68.2 cm³/mol. The SMILES string of the molecule is CC1(C)CCC(N2CCc3ccccc32)=N1. The van der Waals surface area contributed by atoms with Crippen molar-refractivity contribution in [3.05, 3.63) is 29.8 Å². The van der Waals surface area contributed by atoms with Crippen LogP contribution in [0.3, 0.4) is 0 Å². The van der Waals surface area contributed by atoms with Gasteiger partial charge >= 0.3 is 0 Å². The van der Waals surface area contributed by atoms with Crippen LogP contribution in [-0.4, -0.2) is 17.9 Å². The van der Waals surface area contributed by atoms with Crippen LogP contribution in [0, 0.1) is 0 Å². The second kappa shape index (κ2) is 3.34. The van der Waals surface area contributed by atoms with Crippen molar-refractivity contribution in [3.8, 4) is 0 Å². The highest BCUT2D eigenvalue weighted by Gasteiger charge is 2.30. The van der Waals surface area contributed by atoms with Gasteiger partial charge < -0.3 is 4.90 Å². The number of hydrogen-bond donors (Lipinski definition) is 0. The molecule has 3 rings (SSSR count). The Morgan fingerprint density at radius 2 is 2.00 bits per heavy atom. The molecular formula is C14H18N2. The predicted octanol–water partition coefficient (Wildman–Crippen LogP) is 3.02. The van der Waals surface area contributed by atoms with E-state index >= 15 is 0 Å². The molecule has 16 heavy (non-hydrogen) atoms. The monoisotopic (exact) mass is 214 g/mol. The van der Waals surface area contributed by atoms with Crippen molar-refractivity contribution < 1.29 is 0 Å². The summed E-state index contributed by atoms with van der Waals surface area (Å²) in [6, 6.07) is 8.70. The molecule has 0 radical (unpaired) electrons. The Kier molecular flexibility index (Phi) is 2.06. The van der Waals surface area contributed by atoms with E-state index in [0.717, 1.165) is 19.4 Å². The average molecular weight is 214 g/mol. The maximum atomic E-state index is 4.84. The van der Waals surface area contributed by atoms with E-state index in [0.29, 0.717) is 0 Å². The normalized spacial score (nSPS) is 22.1. The van der Waals surface area contributed by atoms with Gasteiger partial charge in [-0.2, -0.15) is 0 Å². The van der Waals surface area contributed by atoms with Crippen LogP contribution >= 0.6 is 0 Å². The lowest BCUT2D eigenvalue weighted by atomic mass is 10.0. The zero-order valence-electron chi connectivity index (χ0n) is 10.0. The van der Waals surface area contributed by atoms with Crippen molar-refractivity contribution in [3.63, 3.8) is 0 Å². The molecule has 2 aliphatic rings. The molecule has 0 aromatic heterocycles. The Bertz CT molecular complexity index is 446. The molecule has 2 heteroatoms. The number of anilines is 1. The van der Waals surface area contributed by atoms with Gasteiger partial charge in [0.25, 0.3) is 0 Å². The van der Waals surface area contributed by atoms with E-state index in [2.05, 4.69) is 43.0 Å². The first kappa shape index (κ1) is 9.88. The van der Waals surface area contributed by atoms with E-state index < -0.39 is 0 Å². The maximum Gasteiger partial charge on any atom is 0.104 e. The zero-order valence-corrected chi connectivity index (χ0v) is 10.0. The third-order valence-corrected chi connectivity index (χ3v) is 3.59. The number of hydrogen-bond acceptors (Lipinski definition) is 2. The Morgan fingerprint density at radius 1 is 1.19 bits per heavy atom. The molecule has 0 spiro atoms. The molecule has 0 fully saturated rings. The van der Waals surface area contributed by atoms with Crippen LogP contribution in [0.25, 0.3) is 0 Å². The summed E-state index contributed by atoms with van der Waals surface area (Å²) in [5, 5.41) is 0. The van der Waals surface area contributed by atoms with Gasteiger partial charge in [-0.15, -0.1) is 0 Å². The lowest BCUT2D eigenvalue weighted by Crippen LogP contribution is -2.27. The summed E-state index contributed by atoms with van der Waals surface area (Å²) >= 11 is 0. The zero-order chi connectivity index (χ0) is 11.2. The summed E-state index contributed by atoms with van der Waals surface area (Å²) < 4.78 is 0. The van der Waals surface area contributed by atoms with Crippen molar-refractivity contribution >= 4 is 11.5 Å². The van der Waals surface area contributed by atoms with Gasteiger partial charge in [0.15, 0.2) is 0 Å². The standard InChI is InChI=1S/C14H18N2/c1-14(2)9-7-13(15-14)16-10-8-11-5-3-4-6-12(11)16/h3-6H,7-10H2,1-2H3. The molecule has 1 aromatic rings. The van der Waals surface area contributed by atoms with Gasteiger partial charge in [0.1, 0.15) is 5.84 Å². The molecule has 2 aliphatic heterocycles. The van der Waals surface area contributed by atoms with E-state index in [4.69, 9.17) is 4.99 Å². The second-order valence-corrected chi connectivity index (χ2v) is 5.37. The molecule has 84 valence electrons. The molecule has 0 saturated heterocycles. The molecule has 0 N–H and O–H groups in total. The van der Waals surface area contributed by atoms with E-state index in [-0.39, 0.29) is 5.54 Å². The van der Waals surface area contributed by atoms with Crippen molar-refractivity contribution in [1.29, 1.82) is 0 Å². The molecule has 0 aliphatic carbocycles. The van der Waals surface area contributed by atoms with Crippen molar-refractivity contribution in [2.45, 2.75) is 38.6 Å². The van der Waals surface area contributed by atoms with Gasteiger partial charge in [0, 0.05) is 18.7 Å². The summed E-state index contributed by atoms with van der Waals surface area (Å²) in [6.07, 6.45) is 3.47. The topological polar surface area (TPSA) is 15.6 Å². The molecule has 0 unspecified atom stereocenters. The largest absolute Gasteiger partial charge is 0.330 e. The number of rotatable bonds is 0. The molecule has 0 amide bonds. The van der Waals surface area contributed by atoms with E-state index in [1.807, 2.05) is 0 Å². The van der Waals surface area contributed by atoms with Crippen LogP contribution in [0.2, 0.25) is 0 Å². The number of benzene rings is 1. The molecular weight excluding hydrogens is 196 g/mol. The van der Waals surface area contributed by atoms with E-state index in [1.165, 1.54) is 23.5 Å². The molecule has 1 aromatic carbocycles. The third kappa shape index (κ3) is 1.53. The maximum absolute atomic E-state index is 4.84. The number of aliphatic imine (C=N–C) groups is 1. The first-order valence-corrected chi connectivity index (χ1v) is 6.10. The summed E-state index contributed by atoms with van der Waals surface area (Å²) in [4.78, 5) is 7.25. The van der Waals surface area contributed by atoms with Gasteiger partial charge in [0.05, 0.1) is 5.54 Å². The highest BCUT2D eigenvalue weighted by atomic mass is 15.2. The lowest BCUT2D eigenvalue weighted by molar-refractivity contribution is 0.522. The fraction of sp³-hybridized carbons (Fsp3) is 0.500. The highest BCUT2D eigenvalue weighted by molar-refractivity contribution is 6.00. The molecule has 0 saturated carbocycles. The van der Waals surface area contributed by atoms with Crippen LogP contribution in [0.4, 0.5) is 5.69 Å². The van der Waals surface area contributed by atoms with Gasteiger partial charge in [-0.25, -0.2) is 0 Å². The smallest absolute Gasteiger partial charge is 0.104 e. The van der Waals surface area contributed by atoms with Crippen LogP contribution in [0.1, 0.15) is 32.3 Å². The van der Waals surface area contributed by atoms with Gasteiger partial charge in [0.2, 0.25) is 0 Å². The van der Waals surface area contributed by atoms with Crippen LogP contribution < -0.4 is 4.90 Å². The highest BCUT2D eigenvalue weighted by Crippen LogP contribution is 2.33. The number of para-hydroxylation sites is 1.